The predicted octanol–water partition coefficient (Wildman–Crippen LogP) is 4.91. The molecule has 0 saturated heterocycles. The van der Waals surface area contributed by atoms with E-state index in [0.29, 0.717) is 17.0 Å². The van der Waals surface area contributed by atoms with Crippen LogP contribution in [0, 0.1) is 0 Å². The topological polar surface area (TPSA) is 75.7 Å². The third kappa shape index (κ3) is 4.00. The van der Waals surface area contributed by atoms with E-state index in [1.165, 1.54) is 6.08 Å². The lowest BCUT2D eigenvalue weighted by Crippen LogP contribution is -2.29. The number of halogens is 1. The van der Waals surface area contributed by atoms with Crippen LogP contribution in [0.3, 0.4) is 0 Å². The van der Waals surface area contributed by atoms with Crippen LogP contribution < -0.4 is 15.0 Å². The van der Waals surface area contributed by atoms with Gasteiger partial charge in [0.15, 0.2) is 0 Å². The summed E-state index contributed by atoms with van der Waals surface area (Å²) in [4.78, 5) is 39.5. The minimum atomic E-state index is -0.472. The zero-order valence-corrected chi connectivity index (χ0v) is 18.0. The SMILES string of the molecule is COc1ccc(Br)cc1C=CC(=O)Nc1cccc2c1C(=O)N(c1ccccc1)C2=O. The van der Waals surface area contributed by atoms with Crippen molar-refractivity contribution in [3.05, 3.63) is 94.0 Å². The Labute approximate surface area is 187 Å². The number of fused-ring (bicyclic) bond motifs is 1. The van der Waals surface area contributed by atoms with Gasteiger partial charge in [0.25, 0.3) is 11.8 Å². The molecule has 7 heteroatoms. The molecule has 154 valence electrons. The minimum Gasteiger partial charge on any atom is -0.496 e. The van der Waals surface area contributed by atoms with E-state index in [1.54, 1.807) is 67.8 Å². The summed E-state index contributed by atoms with van der Waals surface area (Å²) in [6, 6.07) is 18.9. The van der Waals surface area contributed by atoms with Gasteiger partial charge in [-0.2, -0.15) is 0 Å². The highest BCUT2D eigenvalue weighted by Gasteiger charge is 2.38. The number of benzene rings is 3. The van der Waals surface area contributed by atoms with Crippen molar-refractivity contribution >= 4 is 51.1 Å². The highest BCUT2D eigenvalue weighted by molar-refractivity contribution is 9.10. The van der Waals surface area contributed by atoms with Crippen LogP contribution in [0.15, 0.2) is 77.3 Å². The van der Waals surface area contributed by atoms with Gasteiger partial charge in [-0.3, -0.25) is 14.4 Å². The second-order valence-electron chi connectivity index (χ2n) is 6.72. The quantitative estimate of drug-likeness (QED) is 0.419. The van der Waals surface area contributed by atoms with E-state index in [4.69, 9.17) is 4.74 Å². The Morgan fingerprint density at radius 1 is 1.00 bits per heavy atom. The number of ether oxygens (including phenoxy) is 1. The average Bonchev–Trinajstić information content (AvgIpc) is 3.04. The van der Waals surface area contributed by atoms with Gasteiger partial charge < -0.3 is 10.1 Å². The molecule has 3 amide bonds. The maximum Gasteiger partial charge on any atom is 0.268 e. The number of anilines is 2. The van der Waals surface area contributed by atoms with E-state index in [0.717, 1.165) is 9.37 Å². The van der Waals surface area contributed by atoms with Crippen molar-refractivity contribution in [2.75, 3.05) is 17.3 Å². The predicted molar refractivity (Wildman–Crippen MR) is 122 cm³/mol. The highest BCUT2D eigenvalue weighted by Crippen LogP contribution is 2.33. The monoisotopic (exact) mass is 476 g/mol. The molecular formula is C24H17BrN2O4. The first-order chi connectivity index (χ1) is 15.0. The van der Waals surface area contributed by atoms with Crippen LogP contribution >= 0.6 is 15.9 Å². The molecule has 0 saturated carbocycles. The highest BCUT2D eigenvalue weighted by atomic mass is 79.9. The Morgan fingerprint density at radius 3 is 2.52 bits per heavy atom. The summed E-state index contributed by atoms with van der Waals surface area (Å²) in [6.45, 7) is 0. The average molecular weight is 477 g/mol. The largest absolute Gasteiger partial charge is 0.496 e. The minimum absolute atomic E-state index is 0.179. The number of rotatable bonds is 5. The van der Waals surface area contributed by atoms with E-state index in [-0.39, 0.29) is 16.8 Å². The van der Waals surface area contributed by atoms with Gasteiger partial charge in [0.1, 0.15) is 5.75 Å². The number of nitrogens with one attached hydrogen (secondary N) is 1. The van der Waals surface area contributed by atoms with Crippen molar-refractivity contribution in [1.82, 2.24) is 0 Å². The molecule has 0 atom stereocenters. The summed E-state index contributed by atoms with van der Waals surface area (Å²) in [7, 11) is 1.55. The lowest BCUT2D eigenvalue weighted by molar-refractivity contribution is -0.111. The smallest absolute Gasteiger partial charge is 0.268 e. The van der Waals surface area contributed by atoms with Gasteiger partial charge in [-0.25, -0.2) is 4.90 Å². The van der Waals surface area contributed by atoms with Gasteiger partial charge in [-0.15, -0.1) is 0 Å². The molecule has 0 aromatic heterocycles. The third-order valence-electron chi connectivity index (χ3n) is 4.79. The molecule has 1 aliphatic rings. The zero-order valence-electron chi connectivity index (χ0n) is 16.5. The molecule has 0 spiro atoms. The molecule has 4 rings (SSSR count). The van der Waals surface area contributed by atoms with Gasteiger partial charge in [0.2, 0.25) is 5.91 Å². The van der Waals surface area contributed by atoms with Crippen LogP contribution in [0.1, 0.15) is 26.3 Å². The second-order valence-corrected chi connectivity index (χ2v) is 7.63. The van der Waals surface area contributed by atoms with Gasteiger partial charge in [0, 0.05) is 16.1 Å². The maximum absolute atomic E-state index is 13.0. The Hall–Kier alpha value is -3.71. The van der Waals surface area contributed by atoms with E-state index in [9.17, 15) is 14.4 Å². The zero-order chi connectivity index (χ0) is 22.0. The van der Waals surface area contributed by atoms with Crippen molar-refractivity contribution in [3.63, 3.8) is 0 Å². The molecule has 0 aliphatic carbocycles. The number of carbonyl (C=O) groups excluding carboxylic acids is 3. The first-order valence-electron chi connectivity index (χ1n) is 9.39. The molecule has 1 aliphatic heterocycles. The summed E-state index contributed by atoms with van der Waals surface area (Å²) in [6.07, 6.45) is 2.96. The van der Waals surface area contributed by atoms with Crippen molar-refractivity contribution in [3.8, 4) is 5.75 Å². The van der Waals surface area contributed by atoms with E-state index in [1.807, 2.05) is 12.1 Å². The molecule has 3 aromatic carbocycles. The number of hydrogen-bond donors (Lipinski definition) is 1. The van der Waals surface area contributed by atoms with E-state index in [2.05, 4.69) is 21.2 Å². The van der Waals surface area contributed by atoms with Crippen molar-refractivity contribution in [1.29, 1.82) is 0 Å². The standard InChI is InChI=1S/C24H17BrN2O4/c1-31-20-12-11-16(25)14-15(20)10-13-21(28)26-19-9-5-8-18-22(19)24(30)27(23(18)29)17-6-3-2-4-7-17/h2-14H,1H3,(H,26,28). The van der Waals surface area contributed by atoms with Gasteiger partial charge in [-0.05, 0) is 48.5 Å². The normalized spacial score (nSPS) is 12.9. The van der Waals surface area contributed by atoms with Crippen LogP contribution in [0.2, 0.25) is 0 Å². The number of nitrogens with zero attached hydrogens (tertiary/aromatic N) is 1. The lowest BCUT2D eigenvalue weighted by atomic mass is 10.1. The van der Waals surface area contributed by atoms with Crippen LogP contribution in [-0.2, 0) is 4.79 Å². The van der Waals surface area contributed by atoms with Crippen LogP contribution in [0.25, 0.3) is 6.08 Å². The number of hydrogen-bond acceptors (Lipinski definition) is 4. The molecule has 1 N–H and O–H groups in total. The van der Waals surface area contributed by atoms with Crippen LogP contribution in [0.4, 0.5) is 11.4 Å². The van der Waals surface area contributed by atoms with E-state index < -0.39 is 17.7 Å². The van der Waals surface area contributed by atoms with E-state index >= 15 is 0 Å². The molecule has 0 unspecified atom stereocenters. The fraction of sp³-hybridized carbons (Fsp3) is 0.0417. The van der Waals surface area contributed by atoms with Crippen LogP contribution in [-0.4, -0.2) is 24.8 Å². The van der Waals surface area contributed by atoms with Crippen molar-refractivity contribution < 1.29 is 19.1 Å². The lowest BCUT2D eigenvalue weighted by Gasteiger charge is -2.13. The summed E-state index contributed by atoms with van der Waals surface area (Å²) in [5.74, 6) is -0.711. The molecule has 6 nitrogen and oxygen atoms in total. The number of amides is 3. The number of methoxy groups -OCH3 is 1. The maximum atomic E-state index is 13.0. The van der Waals surface area contributed by atoms with Crippen LogP contribution in [0.5, 0.6) is 5.75 Å². The molecule has 0 radical (unpaired) electrons. The Kier molecular flexibility index (Phi) is 5.68. The van der Waals surface area contributed by atoms with Crippen molar-refractivity contribution in [2.45, 2.75) is 0 Å². The number of carbonyl (C=O) groups is 3. The summed E-state index contributed by atoms with van der Waals surface area (Å²) < 4.78 is 6.15. The fourth-order valence-electron chi connectivity index (χ4n) is 3.38. The Bertz CT molecular complexity index is 1220. The fourth-order valence-corrected chi connectivity index (χ4v) is 3.76. The second kappa shape index (κ2) is 8.57. The van der Waals surface area contributed by atoms with Crippen molar-refractivity contribution in [2.24, 2.45) is 0 Å². The summed E-state index contributed by atoms with van der Waals surface area (Å²) >= 11 is 3.39. The first kappa shape index (κ1) is 20.6. The molecular weight excluding hydrogens is 460 g/mol. The Balaban J connectivity index is 1.60. The Morgan fingerprint density at radius 2 is 1.77 bits per heavy atom. The molecule has 0 bridgehead atoms. The third-order valence-corrected chi connectivity index (χ3v) is 5.29. The first-order valence-corrected chi connectivity index (χ1v) is 10.2. The van der Waals surface area contributed by atoms with Gasteiger partial charge >= 0.3 is 0 Å². The summed E-state index contributed by atoms with van der Waals surface area (Å²) in [5.41, 5.74) is 1.91. The number of para-hydroxylation sites is 1. The number of imide groups is 1. The summed E-state index contributed by atoms with van der Waals surface area (Å²) in [5, 5.41) is 2.71. The molecule has 0 fully saturated rings. The molecule has 3 aromatic rings. The van der Waals surface area contributed by atoms with Gasteiger partial charge in [-0.1, -0.05) is 40.2 Å². The molecule has 31 heavy (non-hydrogen) atoms. The van der Waals surface area contributed by atoms with Gasteiger partial charge in [0.05, 0.1) is 29.6 Å². The molecule has 1 heterocycles.